The molecule has 8 heteroatoms. The summed E-state index contributed by atoms with van der Waals surface area (Å²) in [5.74, 6) is 0. The fourth-order valence-corrected chi connectivity index (χ4v) is 1.06. The van der Waals surface area contributed by atoms with E-state index < -0.39 is 0 Å². The molecule has 0 aliphatic carbocycles. The van der Waals surface area contributed by atoms with Gasteiger partial charge in [-0.25, -0.2) is 0 Å². The van der Waals surface area contributed by atoms with Crippen LogP contribution in [0.25, 0.3) is 0 Å². The van der Waals surface area contributed by atoms with Crippen LogP contribution in [0.5, 0.6) is 0 Å². The Morgan fingerprint density at radius 1 is 0.630 bits per heavy atom. The van der Waals surface area contributed by atoms with Crippen molar-refractivity contribution in [1.82, 2.24) is 14.7 Å². The molecular weight excluding hydrogens is 513 g/mol. The zero-order valence-corrected chi connectivity index (χ0v) is 21.9. The SMILES string of the molecule is CC(C)(C)[N]=[Ta].CCN([C-]=O)CC.CCN([C-]=O)CC.CCN([C-]=O)CC. The molecule has 0 N–H and O–H groups in total. The van der Waals surface area contributed by atoms with Crippen molar-refractivity contribution in [2.24, 2.45) is 3.34 Å². The summed E-state index contributed by atoms with van der Waals surface area (Å²) in [7, 11) is 0. The quantitative estimate of drug-likeness (QED) is 0.326. The molecule has 0 bridgehead atoms. The van der Waals surface area contributed by atoms with Gasteiger partial charge in [-0.15, -0.1) is 0 Å². The van der Waals surface area contributed by atoms with Crippen LogP contribution in [0, 0.1) is 0 Å². The number of nitrogens with zero attached hydrogens (tertiary/aromatic N) is 4. The third-order valence-corrected chi connectivity index (χ3v) is 5.13. The van der Waals surface area contributed by atoms with E-state index in [0.717, 1.165) is 60.2 Å². The minimum absolute atomic E-state index is 0.216. The van der Waals surface area contributed by atoms with Crippen LogP contribution in [-0.4, -0.2) is 78.7 Å². The van der Waals surface area contributed by atoms with Gasteiger partial charge in [0, 0.05) is 0 Å². The van der Waals surface area contributed by atoms with E-state index in [1.54, 1.807) is 33.9 Å². The molecule has 0 aromatic heterocycles. The van der Waals surface area contributed by atoms with Gasteiger partial charge in [0.2, 0.25) is 0 Å². The number of hydrogen-bond acceptors (Lipinski definition) is 4. The summed E-state index contributed by atoms with van der Waals surface area (Å²) < 4.78 is 4.13. The predicted octanol–water partition coefficient (Wildman–Crippen LogP) is 2.70. The van der Waals surface area contributed by atoms with Crippen LogP contribution < -0.4 is 0 Å². The topological polar surface area (TPSA) is 73.3 Å². The molecule has 0 fully saturated rings. The van der Waals surface area contributed by atoms with Crippen molar-refractivity contribution in [3.63, 3.8) is 0 Å². The van der Waals surface area contributed by atoms with Crippen LogP contribution in [0.15, 0.2) is 3.34 Å². The second-order valence-corrected chi connectivity index (χ2v) is 6.78. The maximum atomic E-state index is 9.77. The molecule has 0 heterocycles. The maximum absolute atomic E-state index is 9.77. The van der Waals surface area contributed by atoms with Crippen molar-refractivity contribution in [3.05, 3.63) is 0 Å². The molecule has 0 spiro atoms. The van der Waals surface area contributed by atoms with E-state index in [0.29, 0.717) is 0 Å². The van der Waals surface area contributed by atoms with E-state index in [1.807, 2.05) is 41.5 Å². The van der Waals surface area contributed by atoms with E-state index in [9.17, 15) is 14.4 Å². The Morgan fingerprint density at radius 3 is 0.778 bits per heavy atom. The van der Waals surface area contributed by atoms with Crippen molar-refractivity contribution in [3.8, 4) is 0 Å². The standard InChI is InChI=1S/3C5H10NO.C4H9N.Ta/c3*1-3-6(4-2)5-7;1-4(2,3)5;/h3*3-4H2,1-2H3;1-3H3;/q3*-1;;. The minimum atomic E-state index is 0.216. The average molecular weight is 552 g/mol. The van der Waals surface area contributed by atoms with Crippen LogP contribution in [0.4, 0.5) is 0 Å². The van der Waals surface area contributed by atoms with E-state index in [1.165, 1.54) is 0 Å². The van der Waals surface area contributed by atoms with Crippen LogP contribution >= 0.6 is 0 Å². The van der Waals surface area contributed by atoms with Crippen molar-refractivity contribution >= 4 is 19.2 Å². The molecule has 0 aliphatic heterocycles. The van der Waals surface area contributed by atoms with E-state index >= 15 is 0 Å². The molecule has 0 atom stereocenters. The van der Waals surface area contributed by atoms with Crippen LogP contribution in [0.1, 0.15) is 62.3 Å². The van der Waals surface area contributed by atoms with E-state index in [-0.39, 0.29) is 5.54 Å². The average Bonchev–Trinajstić information content (AvgIpc) is 2.67. The van der Waals surface area contributed by atoms with Crippen molar-refractivity contribution in [2.45, 2.75) is 67.9 Å². The van der Waals surface area contributed by atoms with Gasteiger partial charge in [-0.3, -0.25) is 0 Å². The van der Waals surface area contributed by atoms with Crippen LogP contribution in [-0.2, 0) is 35.3 Å². The van der Waals surface area contributed by atoms with E-state index in [4.69, 9.17) is 0 Å². The third-order valence-electron chi connectivity index (χ3n) is 2.98. The van der Waals surface area contributed by atoms with Crippen molar-refractivity contribution in [1.29, 1.82) is 0 Å². The summed E-state index contributed by atoms with van der Waals surface area (Å²) in [4.78, 5) is 34.0. The first-order valence-corrected chi connectivity index (χ1v) is 10.8. The molecule has 0 aromatic carbocycles. The van der Waals surface area contributed by atoms with Crippen LogP contribution in [0.3, 0.4) is 0 Å². The molecule has 3 amide bonds. The summed E-state index contributed by atoms with van der Waals surface area (Å²) in [5, 5.41) is 0. The second-order valence-electron chi connectivity index (χ2n) is 6.06. The molecule has 0 radical (unpaired) electrons. The van der Waals surface area contributed by atoms with Gasteiger partial charge in [-0.05, 0) is 39.3 Å². The first-order valence-electron chi connectivity index (χ1n) is 9.35. The first-order chi connectivity index (χ1) is 12.6. The Kier molecular flexibility index (Phi) is 31.0. The maximum Gasteiger partial charge on any atom is -0.0150 e. The fourth-order valence-electron chi connectivity index (χ4n) is 1.06. The van der Waals surface area contributed by atoms with Gasteiger partial charge < -0.3 is 29.1 Å². The Labute approximate surface area is 179 Å². The predicted molar refractivity (Wildman–Crippen MR) is 108 cm³/mol. The van der Waals surface area contributed by atoms with Crippen molar-refractivity contribution in [2.75, 3.05) is 39.3 Å². The molecule has 0 saturated heterocycles. The Bertz CT molecular complexity index is 300. The molecule has 27 heavy (non-hydrogen) atoms. The zero-order chi connectivity index (χ0) is 22.3. The van der Waals surface area contributed by atoms with Gasteiger partial charge >= 0.3 is 50.5 Å². The largest absolute Gasteiger partial charge is 0.520 e. The Morgan fingerprint density at radius 2 is 0.778 bits per heavy atom. The Hall–Kier alpha value is -1.05. The summed E-state index contributed by atoms with van der Waals surface area (Å²) in [6.45, 7) is 22.4. The van der Waals surface area contributed by atoms with Gasteiger partial charge in [0.25, 0.3) is 0 Å². The van der Waals surface area contributed by atoms with E-state index in [2.05, 4.69) is 24.1 Å². The molecule has 0 aromatic rings. The van der Waals surface area contributed by atoms with Gasteiger partial charge in [0.1, 0.15) is 0 Å². The van der Waals surface area contributed by atoms with Crippen LogP contribution in [0.2, 0.25) is 0 Å². The minimum Gasteiger partial charge on any atom is -0.520 e. The molecule has 0 saturated carbocycles. The summed E-state index contributed by atoms with van der Waals surface area (Å²) in [5.41, 5.74) is 0.216. The molecule has 0 rings (SSSR count). The van der Waals surface area contributed by atoms with Crippen molar-refractivity contribution < 1.29 is 35.3 Å². The number of rotatable bonds is 9. The monoisotopic (exact) mass is 552 g/mol. The first kappa shape index (κ1) is 33.5. The summed E-state index contributed by atoms with van der Waals surface area (Å²) in [6.07, 6.45) is 5.35. The fraction of sp³-hybridized carbons (Fsp3) is 0.842. The second kappa shape index (κ2) is 25.0. The molecular formula is C19H39N4O3Ta-3. The third kappa shape index (κ3) is 33.0. The molecule has 161 valence electrons. The molecule has 0 aliphatic rings. The van der Waals surface area contributed by atoms with Gasteiger partial charge in [-0.1, -0.05) is 41.5 Å². The van der Waals surface area contributed by atoms with Gasteiger partial charge in [0.15, 0.2) is 0 Å². The molecule has 0 unspecified atom stereocenters. The van der Waals surface area contributed by atoms with Gasteiger partial charge in [0.05, 0.1) is 0 Å². The smallest absolute Gasteiger partial charge is 0.0150 e. The summed E-state index contributed by atoms with van der Waals surface area (Å²) >= 11 is 1.15. The number of carbonyl (C=O) groups excluding carboxylic acids is 3. The Balaban J connectivity index is -0.000000131. The summed E-state index contributed by atoms with van der Waals surface area (Å²) in [6, 6.07) is 0. The number of amides is 3. The zero-order valence-electron chi connectivity index (χ0n) is 18.7. The van der Waals surface area contributed by atoms with Gasteiger partial charge in [-0.2, -0.15) is 19.2 Å². The molecule has 7 nitrogen and oxygen atoms in total. The number of hydrogen-bond donors (Lipinski definition) is 0. The normalized spacial score (nSPS) is 8.89.